The fourth-order valence-electron chi connectivity index (χ4n) is 3.39. The van der Waals surface area contributed by atoms with E-state index in [-0.39, 0.29) is 11.9 Å². The first-order chi connectivity index (χ1) is 12.7. The SMILES string of the molecule is NCC1CCCN1C(=O)c1cc(-c2ccco2)n(-c2cccc(Cl)c2)n1. The van der Waals surface area contributed by atoms with E-state index in [0.29, 0.717) is 35.3 Å². The lowest BCUT2D eigenvalue weighted by Gasteiger charge is -2.22. The Morgan fingerprint density at radius 1 is 1.31 bits per heavy atom. The molecule has 1 atom stereocenters. The zero-order valence-corrected chi connectivity index (χ0v) is 14.9. The van der Waals surface area contributed by atoms with Crippen molar-refractivity contribution in [1.29, 1.82) is 0 Å². The number of aromatic nitrogens is 2. The van der Waals surface area contributed by atoms with Gasteiger partial charge in [0.2, 0.25) is 0 Å². The van der Waals surface area contributed by atoms with Crippen molar-refractivity contribution in [2.24, 2.45) is 5.73 Å². The maximum atomic E-state index is 13.0. The number of likely N-dealkylation sites (tertiary alicyclic amines) is 1. The average molecular weight is 371 g/mol. The quantitative estimate of drug-likeness (QED) is 0.764. The van der Waals surface area contributed by atoms with E-state index in [1.807, 2.05) is 23.1 Å². The topological polar surface area (TPSA) is 77.3 Å². The molecule has 1 saturated heterocycles. The number of amides is 1. The number of hydrogen-bond acceptors (Lipinski definition) is 4. The second-order valence-electron chi connectivity index (χ2n) is 6.31. The van der Waals surface area contributed by atoms with E-state index in [9.17, 15) is 4.79 Å². The average Bonchev–Trinajstić information content (AvgIpc) is 3.40. The molecule has 3 aromatic rings. The number of benzene rings is 1. The van der Waals surface area contributed by atoms with E-state index < -0.39 is 0 Å². The summed E-state index contributed by atoms with van der Waals surface area (Å²) in [7, 11) is 0. The molecule has 7 heteroatoms. The summed E-state index contributed by atoms with van der Waals surface area (Å²) in [5.41, 5.74) is 7.64. The highest BCUT2D eigenvalue weighted by molar-refractivity contribution is 6.30. The molecule has 4 rings (SSSR count). The van der Waals surface area contributed by atoms with Gasteiger partial charge in [-0.05, 0) is 43.2 Å². The van der Waals surface area contributed by atoms with Crippen LogP contribution >= 0.6 is 11.6 Å². The number of carbonyl (C=O) groups excluding carboxylic acids is 1. The smallest absolute Gasteiger partial charge is 0.274 e. The molecule has 2 aromatic heterocycles. The molecule has 6 nitrogen and oxygen atoms in total. The summed E-state index contributed by atoms with van der Waals surface area (Å²) in [5, 5.41) is 5.15. The second kappa shape index (κ2) is 6.97. The van der Waals surface area contributed by atoms with Gasteiger partial charge in [0, 0.05) is 30.2 Å². The van der Waals surface area contributed by atoms with Crippen molar-refractivity contribution in [3.05, 3.63) is 59.4 Å². The van der Waals surface area contributed by atoms with Crippen LogP contribution in [0.1, 0.15) is 23.3 Å². The number of hydrogen-bond donors (Lipinski definition) is 1. The Hall–Kier alpha value is -2.57. The normalized spacial score (nSPS) is 17.0. The van der Waals surface area contributed by atoms with Gasteiger partial charge >= 0.3 is 0 Å². The minimum atomic E-state index is -0.105. The Morgan fingerprint density at radius 3 is 2.92 bits per heavy atom. The van der Waals surface area contributed by atoms with Crippen molar-refractivity contribution in [2.45, 2.75) is 18.9 Å². The minimum Gasteiger partial charge on any atom is -0.463 e. The molecule has 1 aromatic carbocycles. The van der Waals surface area contributed by atoms with Crippen molar-refractivity contribution >= 4 is 17.5 Å². The van der Waals surface area contributed by atoms with Crippen molar-refractivity contribution in [3.63, 3.8) is 0 Å². The Kier molecular flexibility index (Phi) is 4.53. The summed E-state index contributed by atoms with van der Waals surface area (Å²) < 4.78 is 7.22. The third-order valence-corrected chi connectivity index (χ3v) is 4.90. The number of nitrogens with zero attached hydrogens (tertiary/aromatic N) is 3. The molecule has 0 spiro atoms. The molecule has 2 N–H and O–H groups in total. The van der Waals surface area contributed by atoms with Crippen LogP contribution in [-0.2, 0) is 0 Å². The van der Waals surface area contributed by atoms with Crippen LogP contribution in [0, 0.1) is 0 Å². The molecule has 1 aliphatic heterocycles. The van der Waals surface area contributed by atoms with E-state index in [0.717, 1.165) is 18.5 Å². The van der Waals surface area contributed by atoms with Crippen LogP contribution in [0.5, 0.6) is 0 Å². The zero-order valence-electron chi connectivity index (χ0n) is 14.1. The standard InChI is InChI=1S/C19H19ClN4O2/c20-13-4-1-5-14(10-13)24-17(18-7-3-9-26-18)11-16(22-24)19(25)23-8-2-6-15(23)12-21/h1,3-5,7,9-11,15H,2,6,8,12,21H2. The van der Waals surface area contributed by atoms with Crippen LogP contribution in [-0.4, -0.2) is 39.7 Å². The van der Waals surface area contributed by atoms with Gasteiger partial charge in [0.25, 0.3) is 5.91 Å². The van der Waals surface area contributed by atoms with Gasteiger partial charge in [-0.1, -0.05) is 17.7 Å². The Balaban J connectivity index is 1.78. The highest BCUT2D eigenvalue weighted by Gasteiger charge is 2.30. The van der Waals surface area contributed by atoms with E-state index in [1.165, 1.54) is 0 Å². The van der Waals surface area contributed by atoms with Crippen LogP contribution in [0.2, 0.25) is 5.02 Å². The van der Waals surface area contributed by atoms with Gasteiger partial charge in [-0.25, -0.2) is 4.68 Å². The largest absolute Gasteiger partial charge is 0.463 e. The van der Waals surface area contributed by atoms with E-state index >= 15 is 0 Å². The summed E-state index contributed by atoms with van der Waals surface area (Å²) in [6.45, 7) is 1.17. The van der Waals surface area contributed by atoms with Crippen LogP contribution in [0.3, 0.4) is 0 Å². The van der Waals surface area contributed by atoms with Crippen LogP contribution in [0.25, 0.3) is 17.1 Å². The fourth-order valence-corrected chi connectivity index (χ4v) is 3.57. The number of furan rings is 1. The Bertz CT molecular complexity index is 920. The molecule has 1 amide bonds. The van der Waals surface area contributed by atoms with Crippen molar-refractivity contribution in [2.75, 3.05) is 13.1 Å². The first kappa shape index (κ1) is 16.9. The molecule has 26 heavy (non-hydrogen) atoms. The lowest BCUT2D eigenvalue weighted by atomic mass is 10.2. The molecular weight excluding hydrogens is 352 g/mol. The van der Waals surface area contributed by atoms with Crippen molar-refractivity contribution in [3.8, 4) is 17.1 Å². The second-order valence-corrected chi connectivity index (χ2v) is 6.75. The predicted molar refractivity (Wildman–Crippen MR) is 99.4 cm³/mol. The first-order valence-electron chi connectivity index (χ1n) is 8.58. The van der Waals surface area contributed by atoms with Gasteiger partial charge in [0.1, 0.15) is 5.69 Å². The molecule has 1 unspecified atom stereocenters. The molecule has 134 valence electrons. The minimum absolute atomic E-state index is 0.0749. The Morgan fingerprint density at radius 2 is 2.19 bits per heavy atom. The summed E-state index contributed by atoms with van der Waals surface area (Å²) in [5.74, 6) is 0.528. The highest BCUT2D eigenvalue weighted by atomic mass is 35.5. The summed E-state index contributed by atoms with van der Waals surface area (Å²) in [4.78, 5) is 14.8. The van der Waals surface area contributed by atoms with Crippen molar-refractivity contribution < 1.29 is 9.21 Å². The van der Waals surface area contributed by atoms with Crippen LogP contribution < -0.4 is 5.73 Å². The van der Waals surface area contributed by atoms with Gasteiger partial charge in [0.05, 0.1) is 12.0 Å². The highest BCUT2D eigenvalue weighted by Crippen LogP contribution is 2.27. The summed E-state index contributed by atoms with van der Waals surface area (Å²) >= 11 is 6.13. The number of rotatable bonds is 4. The summed E-state index contributed by atoms with van der Waals surface area (Å²) in [6, 6.07) is 12.8. The lowest BCUT2D eigenvalue weighted by molar-refractivity contribution is 0.0734. The molecule has 3 heterocycles. The maximum absolute atomic E-state index is 13.0. The van der Waals surface area contributed by atoms with Gasteiger partial charge < -0.3 is 15.1 Å². The van der Waals surface area contributed by atoms with Gasteiger partial charge in [-0.15, -0.1) is 0 Å². The van der Waals surface area contributed by atoms with E-state index in [1.54, 1.807) is 35.2 Å². The number of halogens is 1. The monoisotopic (exact) mass is 370 g/mol. The number of nitrogens with two attached hydrogens (primary N) is 1. The van der Waals surface area contributed by atoms with Gasteiger partial charge in [-0.3, -0.25) is 4.79 Å². The molecule has 0 radical (unpaired) electrons. The first-order valence-corrected chi connectivity index (χ1v) is 8.96. The molecule has 0 aliphatic carbocycles. The number of carbonyl (C=O) groups is 1. The zero-order chi connectivity index (χ0) is 18.1. The molecule has 0 saturated carbocycles. The third kappa shape index (κ3) is 3.02. The molecule has 1 fully saturated rings. The van der Waals surface area contributed by atoms with Gasteiger partial charge in [-0.2, -0.15) is 5.10 Å². The third-order valence-electron chi connectivity index (χ3n) is 4.66. The lowest BCUT2D eigenvalue weighted by Crippen LogP contribution is -2.40. The maximum Gasteiger partial charge on any atom is 0.274 e. The fraction of sp³-hybridized carbons (Fsp3) is 0.263. The molecule has 1 aliphatic rings. The molecule has 0 bridgehead atoms. The van der Waals surface area contributed by atoms with Crippen LogP contribution in [0.15, 0.2) is 53.1 Å². The van der Waals surface area contributed by atoms with Gasteiger partial charge in [0.15, 0.2) is 11.5 Å². The Labute approximate surface area is 156 Å². The van der Waals surface area contributed by atoms with Crippen molar-refractivity contribution in [1.82, 2.24) is 14.7 Å². The van der Waals surface area contributed by atoms with Crippen LogP contribution in [0.4, 0.5) is 0 Å². The van der Waals surface area contributed by atoms with E-state index in [4.69, 9.17) is 21.8 Å². The van der Waals surface area contributed by atoms with E-state index in [2.05, 4.69) is 5.10 Å². The predicted octanol–water partition coefficient (Wildman–Crippen LogP) is 3.35. The summed E-state index contributed by atoms with van der Waals surface area (Å²) in [6.07, 6.45) is 3.49. The molecular formula is C19H19ClN4O2.